The third-order valence-corrected chi connectivity index (χ3v) is 5.60. The highest BCUT2D eigenvalue weighted by Gasteiger charge is 2.24. The van der Waals surface area contributed by atoms with Crippen molar-refractivity contribution >= 4 is 11.5 Å². The molecule has 130 valence electrons. The van der Waals surface area contributed by atoms with E-state index in [9.17, 15) is 4.79 Å². The summed E-state index contributed by atoms with van der Waals surface area (Å²) in [5, 5.41) is 3.19. The lowest BCUT2D eigenvalue weighted by atomic mass is 9.89. The molecule has 3 rings (SSSR count). The number of hydrogen-bond donors (Lipinski definition) is 1. The monoisotopic (exact) mass is 326 g/mol. The summed E-state index contributed by atoms with van der Waals surface area (Å²) in [5.74, 6) is 0.887. The van der Waals surface area contributed by atoms with Crippen LogP contribution in [0.4, 0.5) is 0 Å². The lowest BCUT2D eigenvalue weighted by molar-refractivity contribution is -0.126. The molecule has 1 aliphatic carbocycles. The second kappa shape index (κ2) is 8.48. The van der Waals surface area contributed by atoms with E-state index in [4.69, 9.17) is 0 Å². The van der Waals surface area contributed by atoms with Gasteiger partial charge in [-0.2, -0.15) is 0 Å². The summed E-state index contributed by atoms with van der Waals surface area (Å²) in [6.45, 7) is 4.72. The number of nitrogens with one attached hydrogen (secondary N) is 1. The molecule has 1 atom stereocenters. The number of benzene rings is 1. The minimum Gasteiger partial charge on any atom is -0.354 e. The maximum absolute atomic E-state index is 12.5. The van der Waals surface area contributed by atoms with E-state index >= 15 is 0 Å². The minimum absolute atomic E-state index is 0.0397. The molecule has 1 aromatic carbocycles. The molecule has 2 aliphatic rings. The van der Waals surface area contributed by atoms with Crippen LogP contribution in [0.1, 0.15) is 51.0 Å². The van der Waals surface area contributed by atoms with E-state index in [0.717, 1.165) is 26.1 Å². The third kappa shape index (κ3) is 4.47. The molecule has 0 bridgehead atoms. The second-order valence-corrected chi connectivity index (χ2v) is 7.27. The van der Waals surface area contributed by atoms with Gasteiger partial charge in [0, 0.05) is 19.6 Å². The Balaban J connectivity index is 1.48. The molecule has 3 heteroatoms. The van der Waals surface area contributed by atoms with Gasteiger partial charge < -0.3 is 5.32 Å². The zero-order chi connectivity index (χ0) is 16.8. The topological polar surface area (TPSA) is 32.3 Å². The maximum atomic E-state index is 12.5. The predicted octanol–water partition coefficient (Wildman–Crippen LogP) is 3.86. The Morgan fingerprint density at radius 3 is 2.62 bits per heavy atom. The highest BCUT2D eigenvalue weighted by molar-refractivity contribution is 5.81. The molecule has 0 spiro atoms. The first-order chi connectivity index (χ1) is 11.7. The molecule has 1 saturated carbocycles. The first-order valence-electron chi connectivity index (χ1n) is 9.50. The summed E-state index contributed by atoms with van der Waals surface area (Å²) in [6.07, 6.45) is 9.88. The van der Waals surface area contributed by atoms with Crippen molar-refractivity contribution in [3.05, 3.63) is 42.0 Å². The number of carbonyl (C=O) groups is 1. The second-order valence-electron chi connectivity index (χ2n) is 7.27. The molecule has 1 aliphatic heterocycles. The smallest absolute Gasteiger partial charge is 0.237 e. The van der Waals surface area contributed by atoms with Crippen molar-refractivity contribution in [3.8, 4) is 0 Å². The quantitative estimate of drug-likeness (QED) is 0.891. The van der Waals surface area contributed by atoms with Gasteiger partial charge in [0.05, 0.1) is 6.04 Å². The van der Waals surface area contributed by atoms with E-state index in [2.05, 4.69) is 46.6 Å². The fraction of sp³-hybridized carbons (Fsp3) is 0.571. The standard InChI is InChI=1S/C21H30N2O/c1-17(21(24)22-16-18-8-4-2-5-9-18)23-14-12-20(13-15-23)19-10-6-3-7-11-19/h3,6-7,10-12,17-18H,2,4-5,8-9,13-16H2,1H3,(H,22,24). The van der Waals surface area contributed by atoms with Crippen molar-refractivity contribution in [2.24, 2.45) is 5.92 Å². The Hall–Kier alpha value is -1.61. The Labute approximate surface area is 146 Å². The lowest BCUT2D eigenvalue weighted by Gasteiger charge is -2.31. The Morgan fingerprint density at radius 2 is 1.96 bits per heavy atom. The molecule has 3 nitrogen and oxygen atoms in total. The first kappa shape index (κ1) is 17.2. The molecule has 1 fully saturated rings. The number of hydrogen-bond acceptors (Lipinski definition) is 2. The SMILES string of the molecule is CC(C(=O)NCC1CCCCC1)N1CC=C(c2ccccc2)CC1. The number of carbonyl (C=O) groups excluding carboxylic acids is 1. The Bertz CT molecular complexity index is 560. The van der Waals surface area contributed by atoms with Gasteiger partial charge >= 0.3 is 0 Å². The summed E-state index contributed by atoms with van der Waals surface area (Å²) in [4.78, 5) is 14.7. The van der Waals surface area contributed by atoms with E-state index in [0.29, 0.717) is 5.92 Å². The van der Waals surface area contributed by atoms with Crippen molar-refractivity contribution in [2.75, 3.05) is 19.6 Å². The van der Waals surface area contributed by atoms with Crippen LogP contribution in [0.2, 0.25) is 0 Å². The Kier molecular flexibility index (Phi) is 6.08. The van der Waals surface area contributed by atoms with Gasteiger partial charge in [-0.15, -0.1) is 0 Å². The fourth-order valence-corrected chi connectivity index (χ4v) is 3.90. The van der Waals surface area contributed by atoms with E-state index in [-0.39, 0.29) is 11.9 Å². The van der Waals surface area contributed by atoms with Gasteiger partial charge in [-0.05, 0) is 43.2 Å². The van der Waals surface area contributed by atoms with Crippen LogP contribution in [0.5, 0.6) is 0 Å². The van der Waals surface area contributed by atoms with Gasteiger partial charge in [-0.1, -0.05) is 55.7 Å². The molecular formula is C21H30N2O. The van der Waals surface area contributed by atoms with Crippen LogP contribution in [0.25, 0.3) is 5.57 Å². The predicted molar refractivity (Wildman–Crippen MR) is 99.7 cm³/mol. The highest BCUT2D eigenvalue weighted by atomic mass is 16.2. The molecule has 1 aromatic rings. The van der Waals surface area contributed by atoms with E-state index in [1.54, 1.807) is 0 Å². The van der Waals surface area contributed by atoms with E-state index in [1.165, 1.54) is 43.2 Å². The van der Waals surface area contributed by atoms with Crippen LogP contribution in [0.3, 0.4) is 0 Å². The molecule has 0 aromatic heterocycles. The summed E-state index contributed by atoms with van der Waals surface area (Å²) < 4.78 is 0. The van der Waals surface area contributed by atoms with Crippen LogP contribution in [-0.2, 0) is 4.79 Å². The summed E-state index contributed by atoms with van der Waals surface area (Å²) in [6, 6.07) is 10.5. The van der Waals surface area contributed by atoms with Crippen LogP contribution in [0.15, 0.2) is 36.4 Å². The highest BCUT2D eigenvalue weighted by Crippen LogP contribution is 2.24. The van der Waals surface area contributed by atoms with Crippen molar-refractivity contribution in [1.29, 1.82) is 0 Å². The van der Waals surface area contributed by atoms with Crippen molar-refractivity contribution < 1.29 is 4.79 Å². The summed E-state index contributed by atoms with van der Waals surface area (Å²) >= 11 is 0. The van der Waals surface area contributed by atoms with Gasteiger partial charge in [0.25, 0.3) is 0 Å². The fourth-order valence-electron chi connectivity index (χ4n) is 3.90. The molecule has 24 heavy (non-hydrogen) atoms. The molecule has 1 amide bonds. The summed E-state index contributed by atoms with van der Waals surface area (Å²) in [7, 11) is 0. The van der Waals surface area contributed by atoms with E-state index in [1.807, 2.05) is 6.92 Å². The Morgan fingerprint density at radius 1 is 1.21 bits per heavy atom. The van der Waals surface area contributed by atoms with Crippen molar-refractivity contribution in [1.82, 2.24) is 10.2 Å². The lowest BCUT2D eigenvalue weighted by Crippen LogP contribution is -2.47. The normalized spacial score (nSPS) is 21.1. The molecule has 0 radical (unpaired) electrons. The number of rotatable bonds is 5. The van der Waals surface area contributed by atoms with Crippen LogP contribution in [0, 0.1) is 5.92 Å². The van der Waals surface area contributed by atoms with Gasteiger partial charge in [-0.25, -0.2) is 0 Å². The average Bonchev–Trinajstić information content (AvgIpc) is 2.67. The zero-order valence-electron chi connectivity index (χ0n) is 14.8. The van der Waals surface area contributed by atoms with Gasteiger partial charge in [0.15, 0.2) is 0 Å². The average molecular weight is 326 g/mol. The van der Waals surface area contributed by atoms with Gasteiger partial charge in [-0.3, -0.25) is 9.69 Å². The summed E-state index contributed by atoms with van der Waals surface area (Å²) in [5.41, 5.74) is 2.72. The molecule has 0 saturated heterocycles. The first-order valence-corrected chi connectivity index (χ1v) is 9.50. The molecular weight excluding hydrogens is 296 g/mol. The van der Waals surface area contributed by atoms with Crippen molar-refractivity contribution in [3.63, 3.8) is 0 Å². The largest absolute Gasteiger partial charge is 0.354 e. The minimum atomic E-state index is -0.0397. The van der Waals surface area contributed by atoms with Crippen LogP contribution < -0.4 is 5.32 Å². The van der Waals surface area contributed by atoms with Crippen LogP contribution >= 0.6 is 0 Å². The third-order valence-electron chi connectivity index (χ3n) is 5.60. The molecule has 1 heterocycles. The van der Waals surface area contributed by atoms with Gasteiger partial charge in [0.1, 0.15) is 0 Å². The zero-order valence-corrected chi connectivity index (χ0v) is 14.8. The van der Waals surface area contributed by atoms with E-state index < -0.39 is 0 Å². The van der Waals surface area contributed by atoms with Crippen LogP contribution in [-0.4, -0.2) is 36.5 Å². The number of amides is 1. The van der Waals surface area contributed by atoms with Gasteiger partial charge in [0.2, 0.25) is 5.91 Å². The van der Waals surface area contributed by atoms with Crippen molar-refractivity contribution in [2.45, 2.75) is 51.5 Å². The molecule has 1 N–H and O–H groups in total. The molecule has 1 unspecified atom stereocenters. The maximum Gasteiger partial charge on any atom is 0.237 e. The number of nitrogens with zero attached hydrogens (tertiary/aromatic N) is 1.